The minimum absolute atomic E-state index is 0.246. The van der Waals surface area contributed by atoms with E-state index >= 15 is 0 Å². The monoisotopic (exact) mass is 351 g/mol. The molecule has 1 amide bonds. The van der Waals surface area contributed by atoms with Gasteiger partial charge in [0.15, 0.2) is 0 Å². The van der Waals surface area contributed by atoms with Crippen molar-refractivity contribution < 1.29 is 18.0 Å². The van der Waals surface area contributed by atoms with Crippen LogP contribution >= 0.6 is 11.8 Å². The molecule has 0 aliphatic rings. The lowest BCUT2D eigenvalue weighted by molar-refractivity contribution is -0.116. The van der Waals surface area contributed by atoms with Crippen LogP contribution in [0.25, 0.3) is 6.08 Å². The lowest BCUT2D eigenvalue weighted by Crippen LogP contribution is -2.23. The van der Waals surface area contributed by atoms with E-state index in [1.54, 1.807) is 18.2 Å². The molecule has 0 saturated heterocycles. The molecule has 0 bridgehead atoms. The number of nitrogens with one attached hydrogen (secondary N) is 1. The summed E-state index contributed by atoms with van der Waals surface area (Å²) in [5, 5.41) is 2.61. The highest BCUT2D eigenvalue weighted by Gasteiger charge is 2.05. The van der Waals surface area contributed by atoms with Crippen molar-refractivity contribution in [3.8, 4) is 0 Å². The fraction of sp³-hybridized carbons (Fsp3) is 0.167. The van der Waals surface area contributed by atoms with E-state index in [1.165, 1.54) is 23.9 Å². The molecule has 24 heavy (non-hydrogen) atoms. The zero-order chi connectivity index (χ0) is 17.4. The van der Waals surface area contributed by atoms with Crippen LogP contribution in [0.3, 0.4) is 0 Å². The van der Waals surface area contributed by atoms with Crippen molar-refractivity contribution in [2.75, 3.05) is 12.3 Å². The molecule has 0 unspecified atom stereocenters. The molecule has 2 aromatic rings. The van der Waals surface area contributed by atoms with Crippen molar-refractivity contribution in [3.63, 3.8) is 0 Å². The van der Waals surface area contributed by atoms with Gasteiger partial charge in [-0.05, 0) is 29.8 Å². The number of halogens is 3. The van der Waals surface area contributed by atoms with Gasteiger partial charge in [0, 0.05) is 29.7 Å². The van der Waals surface area contributed by atoms with Crippen molar-refractivity contribution in [1.29, 1.82) is 0 Å². The fourth-order valence-electron chi connectivity index (χ4n) is 1.93. The summed E-state index contributed by atoms with van der Waals surface area (Å²) < 4.78 is 40.2. The summed E-state index contributed by atoms with van der Waals surface area (Å²) in [6.07, 6.45) is 2.19. The van der Waals surface area contributed by atoms with Gasteiger partial charge in [0.2, 0.25) is 5.91 Å². The van der Waals surface area contributed by atoms with Gasteiger partial charge in [0.1, 0.15) is 17.5 Å². The maximum Gasteiger partial charge on any atom is 0.244 e. The molecule has 0 aromatic heterocycles. The Bertz CT molecular complexity index is 714. The number of thioether (sulfide) groups is 1. The Balaban J connectivity index is 1.72. The molecule has 1 N–H and O–H groups in total. The van der Waals surface area contributed by atoms with E-state index in [0.717, 1.165) is 24.3 Å². The van der Waals surface area contributed by atoms with Crippen molar-refractivity contribution in [2.45, 2.75) is 5.75 Å². The predicted octanol–water partition coefficient (Wildman–Crippen LogP) is 4.17. The molecule has 0 fully saturated rings. The van der Waals surface area contributed by atoms with Crippen LogP contribution in [0, 0.1) is 17.5 Å². The Labute approximate surface area is 142 Å². The van der Waals surface area contributed by atoms with Crippen LogP contribution in [0.1, 0.15) is 11.1 Å². The maximum atomic E-state index is 13.4. The summed E-state index contributed by atoms with van der Waals surface area (Å²) in [5.74, 6) is -1.02. The second kappa shape index (κ2) is 9.17. The number of rotatable bonds is 7. The molecule has 0 aliphatic heterocycles. The first-order valence-electron chi connectivity index (χ1n) is 7.29. The van der Waals surface area contributed by atoms with Gasteiger partial charge in [-0.3, -0.25) is 4.79 Å². The molecule has 0 atom stereocenters. The van der Waals surface area contributed by atoms with Crippen LogP contribution in [0.15, 0.2) is 48.5 Å². The number of hydrogen-bond donors (Lipinski definition) is 1. The third-order valence-corrected chi connectivity index (χ3v) is 4.17. The predicted molar refractivity (Wildman–Crippen MR) is 91.0 cm³/mol. The molecule has 0 heterocycles. The minimum Gasteiger partial charge on any atom is -0.352 e. The maximum absolute atomic E-state index is 13.4. The minimum atomic E-state index is -0.723. The van der Waals surface area contributed by atoms with E-state index < -0.39 is 17.5 Å². The van der Waals surface area contributed by atoms with Gasteiger partial charge in [-0.1, -0.05) is 24.3 Å². The molecule has 2 nitrogen and oxygen atoms in total. The van der Waals surface area contributed by atoms with Crippen molar-refractivity contribution >= 4 is 23.7 Å². The average molecular weight is 351 g/mol. The largest absolute Gasteiger partial charge is 0.352 e. The molecular weight excluding hydrogens is 335 g/mol. The van der Waals surface area contributed by atoms with Gasteiger partial charge in [0.25, 0.3) is 0 Å². The Hall–Kier alpha value is -2.21. The SMILES string of the molecule is O=C(/C=C/c1c(F)cccc1F)NCCSCc1ccccc1F. The Morgan fingerprint density at radius 2 is 1.67 bits per heavy atom. The van der Waals surface area contributed by atoms with E-state index in [-0.39, 0.29) is 11.4 Å². The molecule has 6 heteroatoms. The van der Waals surface area contributed by atoms with E-state index in [1.807, 2.05) is 0 Å². The summed E-state index contributed by atoms with van der Waals surface area (Å²) in [6, 6.07) is 10.0. The lowest BCUT2D eigenvalue weighted by atomic mass is 10.2. The van der Waals surface area contributed by atoms with E-state index in [0.29, 0.717) is 23.6 Å². The second-order valence-electron chi connectivity index (χ2n) is 4.90. The topological polar surface area (TPSA) is 29.1 Å². The summed E-state index contributed by atoms with van der Waals surface area (Å²) in [4.78, 5) is 11.6. The van der Waals surface area contributed by atoms with Crippen LogP contribution in [0.4, 0.5) is 13.2 Å². The normalized spacial score (nSPS) is 11.0. The van der Waals surface area contributed by atoms with Gasteiger partial charge in [-0.25, -0.2) is 13.2 Å². The van der Waals surface area contributed by atoms with Gasteiger partial charge in [0.05, 0.1) is 0 Å². The first kappa shape index (κ1) is 18.1. The van der Waals surface area contributed by atoms with E-state index in [2.05, 4.69) is 5.32 Å². The third-order valence-electron chi connectivity index (χ3n) is 3.16. The average Bonchev–Trinajstić information content (AvgIpc) is 2.55. The first-order chi connectivity index (χ1) is 11.6. The van der Waals surface area contributed by atoms with Crippen molar-refractivity contribution in [1.82, 2.24) is 5.32 Å². The molecule has 126 valence electrons. The first-order valence-corrected chi connectivity index (χ1v) is 8.44. The second-order valence-corrected chi connectivity index (χ2v) is 6.01. The zero-order valence-electron chi connectivity index (χ0n) is 12.8. The van der Waals surface area contributed by atoms with Gasteiger partial charge in [-0.2, -0.15) is 11.8 Å². The molecule has 2 rings (SSSR count). The van der Waals surface area contributed by atoms with E-state index in [9.17, 15) is 18.0 Å². The number of amides is 1. The Morgan fingerprint density at radius 1 is 1.00 bits per heavy atom. The van der Waals surface area contributed by atoms with Crippen molar-refractivity contribution in [2.24, 2.45) is 0 Å². The van der Waals surface area contributed by atoms with Gasteiger partial charge < -0.3 is 5.32 Å². The smallest absolute Gasteiger partial charge is 0.244 e. The summed E-state index contributed by atoms with van der Waals surface area (Å²) in [6.45, 7) is 0.377. The van der Waals surface area contributed by atoms with E-state index in [4.69, 9.17) is 0 Å². The molecule has 0 aliphatic carbocycles. The van der Waals surface area contributed by atoms with Crippen LogP contribution in [0.2, 0.25) is 0 Å². The molecule has 0 saturated carbocycles. The zero-order valence-corrected chi connectivity index (χ0v) is 13.6. The molecule has 0 spiro atoms. The highest BCUT2D eigenvalue weighted by molar-refractivity contribution is 7.98. The Morgan fingerprint density at radius 3 is 2.38 bits per heavy atom. The number of carbonyl (C=O) groups excluding carboxylic acids is 1. The number of benzene rings is 2. The quantitative estimate of drug-likeness (QED) is 0.599. The number of carbonyl (C=O) groups is 1. The Kier molecular flexibility index (Phi) is 6.93. The highest BCUT2D eigenvalue weighted by Crippen LogP contribution is 2.15. The lowest BCUT2D eigenvalue weighted by Gasteiger charge is -2.04. The number of hydrogen-bond acceptors (Lipinski definition) is 2. The molecule has 0 radical (unpaired) electrons. The van der Waals surface area contributed by atoms with Crippen LogP contribution in [-0.2, 0) is 10.5 Å². The molecule has 2 aromatic carbocycles. The fourth-order valence-corrected chi connectivity index (χ4v) is 2.78. The van der Waals surface area contributed by atoms with Gasteiger partial charge >= 0.3 is 0 Å². The van der Waals surface area contributed by atoms with Crippen LogP contribution in [0.5, 0.6) is 0 Å². The van der Waals surface area contributed by atoms with Gasteiger partial charge in [-0.15, -0.1) is 0 Å². The summed E-state index contributed by atoms with van der Waals surface area (Å²) >= 11 is 1.48. The summed E-state index contributed by atoms with van der Waals surface area (Å²) in [7, 11) is 0. The molecular formula is C18H16F3NOS. The highest BCUT2D eigenvalue weighted by atomic mass is 32.2. The summed E-state index contributed by atoms with van der Waals surface area (Å²) in [5.41, 5.74) is 0.366. The standard InChI is InChI=1S/C18H16F3NOS/c19-15-5-2-1-4-13(15)12-24-11-10-22-18(23)9-8-14-16(20)6-3-7-17(14)21/h1-9H,10-12H2,(H,22,23)/b9-8+. The van der Waals surface area contributed by atoms with Crippen molar-refractivity contribution in [3.05, 3.63) is 77.1 Å². The third kappa shape index (κ3) is 5.45. The van der Waals surface area contributed by atoms with Crippen LogP contribution < -0.4 is 5.32 Å². The van der Waals surface area contributed by atoms with Crippen LogP contribution in [-0.4, -0.2) is 18.2 Å².